The number of amides is 1. The Kier molecular flexibility index (Phi) is 7.30. The highest BCUT2D eigenvalue weighted by atomic mass is 35.5. The van der Waals surface area contributed by atoms with Crippen molar-refractivity contribution in [3.05, 3.63) is 92.5 Å². The van der Waals surface area contributed by atoms with Gasteiger partial charge >= 0.3 is 0 Å². The van der Waals surface area contributed by atoms with Crippen LogP contribution in [0.4, 0.5) is 10.7 Å². The van der Waals surface area contributed by atoms with E-state index in [0.29, 0.717) is 38.0 Å². The van der Waals surface area contributed by atoms with Crippen LogP contribution in [-0.2, 0) is 12.8 Å². The fourth-order valence-corrected chi connectivity index (χ4v) is 6.27. The van der Waals surface area contributed by atoms with Crippen LogP contribution in [-0.4, -0.2) is 12.1 Å². The lowest BCUT2D eigenvalue weighted by atomic mass is 9.72. The molecule has 1 N–H and O–H groups in total. The highest BCUT2D eigenvalue weighted by Gasteiger charge is 2.33. The Morgan fingerprint density at radius 1 is 1.08 bits per heavy atom. The number of benzene rings is 2. The van der Waals surface area contributed by atoms with E-state index in [0.717, 1.165) is 36.1 Å². The van der Waals surface area contributed by atoms with Crippen molar-refractivity contribution in [1.29, 1.82) is 0 Å². The van der Waals surface area contributed by atoms with E-state index in [1.807, 2.05) is 48.5 Å². The molecule has 190 valence electrons. The summed E-state index contributed by atoms with van der Waals surface area (Å²) in [7, 11) is 0. The molecular weight excluding hydrogens is 523 g/mol. The third kappa shape index (κ3) is 5.69. The van der Waals surface area contributed by atoms with Crippen LogP contribution in [0.1, 0.15) is 53.8 Å². The zero-order valence-corrected chi connectivity index (χ0v) is 23.3. The van der Waals surface area contributed by atoms with E-state index in [1.165, 1.54) is 4.88 Å². The first-order chi connectivity index (χ1) is 17.7. The lowest BCUT2D eigenvalue weighted by Gasteiger charge is -2.33. The number of anilines is 1. The summed E-state index contributed by atoms with van der Waals surface area (Å²) >= 11 is 13.8. The van der Waals surface area contributed by atoms with Crippen LogP contribution in [0, 0.1) is 11.3 Å². The van der Waals surface area contributed by atoms with Gasteiger partial charge in [-0.05, 0) is 78.6 Å². The molecule has 0 bridgehead atoms. The maximum atomic E-state index is 13.5. The molecule has 1 aliphatic rings. The second-order valence-electron chi connectivity index (χ2n) is 10.4. The summed E-state index contributed by atoms with van der Waals surface area (Å²) in [6, 6.07) is 18.6. The Labute approximate surface area is 231 Å². The number of halogens is 2. The molecule has 0 fully saturated rings. The molecule has 0 spiro atoms. The number of fused-ring (bicyclic) bond motifs is 1. The molecule has 0 aliphatic heterocycles. The van der Waals surface area contributed by atoms with Crippen molar-refractivity contribution in [2.75, 3.05) is 5.32 Å². The number of aliphatic imine (C=N–C) groups is 1. The summed E-state index contributed by atoms with van der Waals surface area (Å²) < 4.78 is 6.00. The van der Waals surface area contributed by atoms with Gasteiger partial charge in [0, 0.05) is 16.1 Å². The number of para-hydroxylation sites is 1. The van der Waals surface area contributed by atoms with Gasteiger partial charge < -0.3 is 9.73 Å². The first-order valence-corrected chi connectivity index (χ1v) is 13.9. The molecule has 7 heteroatoms. The lowest BCUT2D eigenvalue weighted by Crippen LogP contribution is -2.27. The molecule has 0 saturated carbocycles. The van der Waals surface area contributed by atoms with Crippen LogP contribution in [0.5, 0.6) is 0 Å². The lowest BCUT2D eigenvalue weighted by molar-refractivity contribution is 0.102. The van der Waals surface area contributed by atoms with Crippen molar-refractivity contribution in [3.8, 4) is 11.3 Å². The van der Waals surface area contributed by atoms with Gasteiger partial charge in [-0.15, -0.1) is 11.3 Å². The smallest absolute Gasteiger partial charge is 0.259 e. The van der Waals surface area contributed by atoms with Gasteiger partial charge in [0.25, 0.3) is 5.91 Å². The molecule has 0 unspecified atom stereocenters. The topological polar surface area (TPSA) is 54.6 Å². The first-order valence-electron chi connectivity index (χ1n) is 12.3. The normalized spacial score (nSPS) is 15.6. The summed E-state index contributed by atoms with van der Waals surface area (Å²) in [6.07, 6.45) is 4.59. The highest BCUT2D eigenvalue weighted by Crippen LogP contribution is 2.45. The van der Waals surface area contributed by atoms with Crippen LogP contribution in [0.3, 0.4) is 0 Å². The maximum absolute atomic E-state index is 13.5. The third-order valence-corrected chi connectivity index (χ3v) is 8.77. The largest absolute Gasteiger partial charge is 0.455 e. The Hall–Kier alpha value is -2.86. The molecule has 1 atom stereocenters. The van der Waals surface area contributed by atoms with Gasteiger partial charge in [0.1, 0.15) is 16.5 Å². The monoisotopic (exact) mass is 550 g/mol. The molecule has 0 saturated heterocycles. The standard InChI is InChI=1S/C30H28Cl2N2O2S/c1-30(2,3)19-10-12-22-26(16-19)37-29(27(22)28(35)34-20-7-5-4-6-8-20)33-17-21-11-14-25(36-21)18-9-13-23(31)24(32)15-18/h4-9,11,13-15,17,19H,10,12,16H2,1-3H3,(H,34,35)/t19-/m1/s1. The molecule has 5 rings (SSSR count). The van der Waals surface area contributed by atoms with Gasteiger partial charge in [0.05, 0.1) is 21.8 Å². The van der Waals surface area contributed by atoms with E-state index in [4.69, 9.17) is 32.6 Å². The first kappa shape index (κ1) is 25.8. The number of carbonyl (C=O) groups excluding carboxylic acids is 1. The Morgan fingerprint density at radius 2 is 1.86 bits per heavy atom. The van der Waals surface area contributed by atoms with E-state index in [2.05, 4.69) is 26.1 Å². The van der Waals surface area contributed by atoms with Crippen LogP contribution in [0.25, 0.3) is 11.3 Å². The molecular formula is C30H28Cl2N2O2S. The minimum absolute atomic E-state index is 0.124. The second kappa shape index (κ2) is 10.5. The van der Waals surface area contributed by atoms with Gasteiger partial charge in [-0.2, -0.15) is 0 Å². The Bertz CT molecular complexity index is 1460. The van der Waals surface area contributed by atoms with Gasteiger partial charge in [-0.1, -0.05) is 62.2 Å². The summed E-state index contributed by atoms with van der Waals surface area (Å²) in [4.78, 5) is 19.5. The molecule has 37 heavy (non-hydrogen) atoms. The predicted octanol–water partition coefficient (Wildman–Crippen LogP) is 9.47. The zero-order valence-electron chi connectivity index (χ0n) is 21.0. The third-order valence-electron chi connectivity index (χ3n) is 6.87. The maximum Gasteiger partial charge on any atom is 0.259 e. The molecule has 2 aromatic carbocycles. The average molecular weight is 552 g/mol. The SMILES string of the molecule is CC(C)(C)[C@@H]1CCc2c(sc(N=Cc3ccc(-c4ccc(Cl)c(Cl)c4)o3)c2C(=O)Nc2ccccc2)C1. The fraction of sp³-hybridized carbons (Fsp3) is 0.267. The number of nitrogens with one attached hydrogen (secondary N) is 1. The number of carbonyl (C=O) groups is 1. The van der Waals surface area contributed by atoms with Crippen molar-refractivity contribution in [2.45, 2.75) is 40.0 Å². The van der Waals surface area contributed by atoms with Crippen LogP contribution >= 0.6 is 34.5 Å². The minimum atomic E-state index is -0.124. The van der Waals surface area contributed by atoms with Crippen LogP contribution in [0.15, 0.2) is 70.1 Å². The summed E-state index contributed by atoms with van der Waals surface area (Å²) in [5, 5.41) is 4.73. The number of thiophene rings is 1. The van der Waals surface area contributed by atoms with Gasteiger partial charge in [0.2, 0.25) is 0 Å². The number of furan rings is 1. The number of nitrogens with zero attached hydrogens (tertiary/aromatic N) is 1. The predicted molar refractivity (Wildman–Crippen MR) is 155 cm³/mol. The van der Waals surface area contributed by atoms with Gasteiger partial charge in [-0.25, -0.2) is 4.99 Å². The molecule has 4 nitrogen and oxygen atoms in total. The fourth-order valence-electron chi connectivity index (χ4n) is 4.70. The summed E-state index contributed by atoms with van der Waals surface area (Å²) in [5.74, 6) is 1.70. The van der Waals surface area contributed by atoms with E-state index >= 15 is 0 Å². The van der Waals surface area contributed by atoms with E-state index in [1.54, 1.807) is 29.7 Å². The molecule has 0 radical (unpaired) electrons. The molecule has 2 aromatic heterocycles. The van der Waals surface area contributed by atoms with Gasteiger partial charge in [0.15, 0.2) is 0 Å². The van der Waals surface area contributed by atoms with Crippen molar-refractivity contribution < 1.29 is 9.21 Å². The number of hydrogen-bond acceptors (Lipinski definition) is 4. The van der Waals surface area contributed by atoms with E-state index < -0.39 is 0 Å². The molecule has 1 aliphatic carbocycles. The van der Waals surface area contributed by atoms with Crippen molar-refractivity contribution in [1.82, 2.24) is 0 Å². The van der Waals surface area contributed by atoms with Crippen LogP contribution < -0.4 is 5.32 Å². The minimum Gasteiger partial charge on any atom is -0.455 e. The summed E-state index contributed by atoms with van der Waals surface area (Å²) in [5.41, 5.74) is 3.61. The van der Waals surface area contributed by atoms with Crippen molar-refractivity contribution >= 4 is 57.3 Å². The van der Waals surface area contributed by atoms with Crippen LogP contribution in [0.2, 0.25) is 10.0 Å². The molecule has 1 amide bonds. The van der Waals surface area contributed by atoms with Gasteiger partial charge in [-0.3, -0.25) is 4.79 Å². The highest BCUT2D eigenvalue weighted by molar-refractivity contribution is 7.16. The van der Waals surface area contributed by atoms with E-state index in [9.17, 15) is 4.79 Å². The molecule has 4 aromatic rings. The van der Waals surface area contributed by atoms with Crippen molar-refractivity contribution in [2.24, 2.45) is 16.3 Å². The summed E-state index contributed by atoms with van der Waals surface area (Å²) in [6.45, 7) is 6.88. The average Bonchev–Trinajstić information content (AvgIpc) is 3.48. The Morgan fingerprint density at radius 3 is 2.59 bits per heavy atom. The Balaban J connectivity index is 1.46. The van der Waals surface area contributed by atoms with E-state index in [-0.39, 0.29) is 11.3 Å². The zero-order chi connectivity index (χ0) is 26.2. The van der Waals surface area contributed by atoms with Crippen molar-refractivity contribution in [3.63, 3.8) is 0 Å². The second-order valence-corrected chi connectivity index (χ2v) is 12.3. The molecule has 2 heterocycles. The number of rotatable bonds is 5. The number of hydrogen-bond donors (Lipinski definition) is 1. The quantitative estimate of drug-likeness (QED) is 0.251.